The van der Waals surface area contributed by atoms with Crippen molar-refractivity contribution in [1.29, 1.82) is 0 Å². The number of pyridine rings is 2. The van der Waals surface area contributed by atoms with Crippen molar-refractivity contribution in [3.8, 4) is 0 Å². The van der Waals surface area contributed by atoms with E-state index in [1.165, 1.54) is 24.1 Å². The fraction of sp³-hybridized carbons (Fsp3) is 0.214. The van der Waals surface area contributed by atoms with Crippen LogP contribution >= 0.6 is 0 Å². The maximum atomic E-state index is 11.6. The van der Waals surface area contributed by atoms with E-state index in [0.29, 0.717) is 16.2 Å². The van der Waals surface area contributed by atoms with Gasteiger partial charge in [0.15, 0.2) is 5.69 Å². The van der Waals surface area contributed by atoms with Crippen LogP contribution in [0.25, 0.3) is 0 Å². The third-order valence-corrected chi connectivity index (χ3v) is 5.61. The quantitative estimate of drug-likeness (QED) is 0.0916. The van der Waals surface area contributed by atoms with Gasteiger partial charge in [0.2, 0.25) is 0 Å². The Bertz CT molecular complexity index is 1540. The normalized spacial score (nSPS) is 10.8. The number of rotatable bonds is 8. The molecule has 0 unspecified atom stereocenters. The van der Waals surface area contributed by atoms with Crippen molar-refractivity contribution in [2.24, 2.45) is 20.5 Å². The fourth-order valence-corrected chi connectivity index (χ4v) is 3.35. The van der Waals surface area contributed by atoms with E-state index in [0.717, 1.165) is 16.9 Å². The Morgan fingerprint density at radius 1 is 0.805 bits per heavy atom. The molecular weight excluding hydrogens is 526 g/mol. The summed E-state index contributed by atoms with van der Waals surface area (Å²) < 4.78 is 2.12. The Hall–Kier alpha value is -5.46. The van der Waals surface area contributed by atoms with E-state index in [9.17, 15) is 15.3 Å². The van der Waals surface area contributed by atoms with Crippen LogP contribution in [0.4, 0.5) is 40.1 Å². The summed E-state index contributed by atoms with van der Waals surface area (Å²) in [5, 5.41) is 38.7. The van der Waals surface area contributed by atoms with Crippen LogP contribution in [0.5, 0.6) is 0 Å². The van der Waals surface area contributed by atoms with E-state index in [2.05, 4.69) is 20.5 Å². The van der Waals surface area contributed by atoms with Gasteiger partial charge >= 0.3 is 17.3 Å². The van der Waals surface area contributed by atoms with Crippen molar-refractivity contribution in [2.45, 2.75) is 6.92 Å². The molecule has 0 aliphatic heterocycles. The number of azo groups is 2. The van der Waals surface area contributed by atoms with Gasteiger partial charge in [-0.2, -0.15) is 0 Å². The molecule has 41 heavy (non-hydrogen) atoms. The molecule has 4 rings (SSSR count). The largest absolute Gasteiger partial charge is 0.710 e. The van der Waals surface area contributed by atoms with Gasteiger partial charge in [0, 0.05) is 57.8 Å². The molecule has 4 aromatic rings. The van der Waals surface area contributed by atoms with Gasteiger partial charge in [0.25, 0.3) is 0 Å². The van der Waals surface area contributed by atoms with E-state index < -0.39 is 4.92 Å². The minimum absolute atomic E-state index is 0.102. The van der Waals surface area contributed by atoms with Gasteiger partial charge in [-0.25, -0.2) is 4.73 Å². The maximum absolute atomic E-state index is 11.6. The molecule has 13 heteroatoms. The predicted molar refractivity (Wildman–Crippen MR) is 156 cm³/mol. The summed E-state index contributed by atoms with van der Waals surface area (Å²) in [6.07, 6.45) is 3.14. The topological polar surface area (TPSA) is 139 Å². The molecule has 0 fully saturated rings. The third kappa shape index (κ3) is 8.51. The van der Waals surface area contributed by atoms with Crippen molar-refractivity contribution in [1.82, 2.24) is 0 Å². The first-order valence-electron chi connectivity index (χ1n) is 12.4. The number of benzene rings is 2. The van der Waals surface area contributed by atoms with Gasteiger partial charge in [-0.15, -0.1) is 0 Å². The Kier molecular flexibility index (Phi) is 10.3. The second-order valence-electron chi connectivity index (χ2n) is 9.09. The number of aryl methyl sites for hydroxylation is 1. The zero-order chi connectivity index (χ0) is 29.9. The molecule has 0 bridgehead atoms. The van der Waals surface area contributed by atoms with Crippen LogP contribution in [0.15, 0.2) is 106 Å². The van der Waals surface area contributed by atoms with E-state index >= 15 is 0 Å². The lowest BCUT2D eigenvalue weighted by Crippen LogP contribution is -2.39. The first kappa shape index (κ1) is 30.1. The lowest BCUT2D eigenvalue weighted by atomic mass is 10.2. The molecule has 212 valence electrons. The van der Waals surface area contributed by atoms with Crippen molar-refractivity contribution < 1.29 is 19.2 Å². The number of hydrogen-bond acceptors (Lipinski definition) is 10. The summed E-state index contributed by atoms with van der Waals surface area (Å²) in [7, 11) is 9.07. The highest BCUT2D eigenvalue weighted by Gasteiger charge is 2.18. The zero-order valence-electron chi connectivity index (χ0n) is 23.7. The van der Waals surface area contributed by atoms with E-state index in [1.807, 2.05) is 70.3 Å². The average molecular weight is 559 g/mol. The second-order valence-corrected chi connectivity index (χ2v) is 9.09. The number of aromatic nitrogens is 2. The summed E-state index contributed by atoms with van der Waals surface area (Å²) in [6, 6.07) is 21.1. The minimum Gasteiger partial charge on any atom is -0.710 e. The lowest BCUT2D eigenvalue weighted by molar-refractivity contribution is -0.875. The van der Waals surface area contributed by atoms with Gasteiger partial charge in [-0.05, 0) is 82.0 Å². The molecule has 0 N–H and O–H groups in total. The molecule has 2 aromatic heterocycles. The number of nitro groups is 1. The van der Waals surface area contributed by atoms with Gasteiger partial charge in [0.1, 0.15) is 19.0 Å². The number of anilines is 2. The summed E-state index contributed by atoms with van der Waals surface area (Å²) in [5.74, 6) is 0.707. The molecule has 0 spiro atoms. The highest BCUT2D eigenvalue weighted by atomic mass is 16.6. The number of nitro benzene ring substituents is 1. The van der Waals surface area contributed by atoms with Crippen LogP contribution in [0.1, 0.15) is 5.56 Å². The highest BCUT2D eigenvalue weighted by Crippen LogP contribution is 2.32. The maximum Gasteiger partial charge on any atom is 0.388 e. The van der Waals surface area contributed by atoms with Gasteiger partial charge < -0.3 is 19.8 Å². The highest BCUT2D eigenvalue weighted by molar-refractivity contribution is 5.65. The van der Waals surface area contributed by atoms with Crippen LogP contribution < -0.4 is 24.1 Å². The van der Waals surface area contributed by atoms with Gasteiger partial charge in [-0.3, -0.25) is 10.1 Å². The Morgan fingerprint density at radius 2 is 1.46 bits per heavy atom. The molecule has 0 aliphatic carbocycles. The van der Waals surface area contributed by atoms with Crippen molar-refractivity contribution >= 4 is 40.1 Å². The van der Waals surface area contributed by atoms with Gasteiger partial charge in [-0.1, -0.05) is 0 Å². The van der Waals surface area contributed by atoms with E-state index in [1.54, 1.807) is 47.5 Å². The smallest absolute Gasteiger partial charge is 0.388 e. The number of hydrogen-bond donors (Lipinski definition) is 0. The Morgan fingerprint density at radius 3 is 2.07 bits per heavy atom. The summed E-state index contributed by atoms with van der Waals surface area (Å²) >= 11 is 0. The minimum atomic E-state index is -0.475. The van der Waals surface area contributed by atoms with Crippen LogP contribution in [0.3, 0.4) is 0 Å². The predicted octanol–water partition coefficient (Wildman–Crippen LogP) is 5.53. The molecule has 0 atom stereocenters. The molecule has 0 saturated heterocycles. The standard InChI is InChI=1S/C14H16N5O3.C14H16N4O/c1-17(2)11-7-8-12(13(10-11)19(20)21)15-16-14-6-4-5-9-18(14)22-3;1-11-4-9-14(18(19)10-11)16-15-12-5-7-13(8-6-12)17(2)3/h4-10H,1-3H3;4-10H,1-3H3/q+1;. The number of nitrogens with zero attached hydrogens (tertiary/aromatic N) is 9. The third-order valence-electron chi connectivity index (χ3n) is 5.61. The summed E-state index contributed by atoms with van der Waals surface area (Å²) in [6.45, 7) is 1.86. The molecular formula is C28H32N9O4+. The monoisotopic (exact) mass is 558 g/mol. The molecule has 13 nitrogen and oxygen atoms in total. The average Bonchev–Trinajstić information content (AvgIpc) is 2.96. The van der Waals surface area contributed by atoms with E-state index in [4.69, 9.17) is 4.84 Å². The summed E-state index contributed by atoms with van der Waals surface area (Å²) in [4.78, 5) is 19.6. The Balaban J connectivity index is 0.000000228. The fourth-order valence-electron chi connectivity index (χ4n) is 3.35. The van der Waals surface area contributed by atoms with Crippen LogP contribution in [0, 0.1) is 22.2 Å². The van der Waals surface area contributed by atoms with Crippen molar-refractivity contribution in [2.75, 3.05) is 45.1 Å². The van der Waals surface area contributed by atoms with Crippen molar-refractivity contribution in [3.63, 3.8) is 0 Å². The lowest BCUT2D eigenvalue weighted by Gasteiger charge is -2.11. The molecule has 0 amide bonds. The molecule has 2 heterocycles. The zero-order valence-corrected chi connectivity index (χ0v) is 23.7. The first-order chi connectivity index (χ1) is 19.6. The van der Waals surface area contributed by atoms with Crippen LogP contribution in [-0.4, -0.2) is 40.2 Å². The van der Waals surface area contributed by atoms with Gasteiger partial charge in [0.05, 0.1) is 21.3 Å². The second kappa shape index (κ2) is 14.1. The Labute approximate surface area is 238 Å². The summed E-state index contributed by atoms with van der Waals surface area (Å²) in [5.41, 5.74) is 3.50. The SMILES string of the molecule is CO[n+]1ccccc1N=Nc1ccc(N(C)C)cc1[N+](=O)[O-].Cc1ccc(N=Nc2ccc(N(C)C)cc2)[n+]([O-])c1. The van der Waals surface area contributed by atoms with E-state index in [-0.39, 0.29) is 17.2 Å². The van der Waals surface area contributed by atoms with Crippen molar-refractivity contribution in [3.05, 3.63) is 106 Å². The molecule has 2 aromatic carbocycles. The molecule has 0 aliphatic rings. The first-order valence-corrected chi connectivity index (χ1v) is 12.4. The molecule has 0 saturated carbocycles. The van der Waals surface area contributed by atoms with Crippen LogP contribution in [-0.2, 0) is 0 Å². The molecule has 0 radical (unpaired) electrons. The van der Waals surface area contributed by atoms with Crippen LogP contribution in [0.2, 0.25) is 0 Å².